The van der Waals surface area contributed by atoms with E-state index >= 15 is 0 Å². The summed E-state index contributed by atoms with van der Waals surface area (Å²) in [6.07, 6.45) is 6.98. The lowest BCUT2D eigenvalue weighted by Crippen LogP contribution is -2.46. The van der Waals surface area contributed by atoms with E-state index in [2.05, 4.69) is 32.2 Å². The second kappa shape index (κ2) is 10.3. The van der Waals surface area contributed by atoms with Crippen molar-refractivity contribution in [3.05, 3.63) is 30.1 Å². The first kappa shape index (κ1) is 23.1. The third-order valence-corrected chi connectivity index (χ3v) is 6.57. The monoisotopic (exact) mass is 461 g/mol. The van der Waals surface area contributed by atoms with E-state index in [-0.39, 0.29) is 35.3 Å². The Morgan fingerprint density at radius 3 is 2.58 bits per heavy atom. The van der Waals surface area contributed by atoms with Crippen LogP contribution in [0.1, 0.15) is 55.9 Å². The van der Waals surface area contributed by atoms with Gasteiger partial charge >= 0.3 is 6.61 Å². The van der Waals surface area contributed by atoms with Crippen LogP contribution in [-0.4, -0.2) is 57.6 Å². The maximum atomic E-state index is 12.9. The number of piperidine rings is 1. The molecule has 8 nitrogen and oxygen atoms in total. The van der Waals surface area contributed by atoms with E-state index < -0.39 is 6.61 Å². The topological polar surface area (TPSA) is 100 Å². The summed E-state index contributed by atoms with van der Waals surface area (Å²) in [5, 5.41) is 10.1. The molecule has 10 heteroatoms. The number of aromatic amines is 1. The number of likely N-dealkylation sites (tertiary alicyclic amines) is 1. The van der Waals surface area contributed by atoms with E-state index in [1.54, 1.807) is 17.0 Å². The first-order chi connectivity index (χ1) is 15.9. The van der Waals surface area contributed by atoms with Crippen LogP contribution >= 0.6 is 0 Å². The van der Waals surface area contributed by atoms with Gasteiger partial charge in [0.15, 0.2) is 5.69 Å². The van der Waals surface area contributed by atoms with Crippen LogP contribution in [0.25, 0.3) is 11.3 Å². The van der Waals surface area contributed by atoms with E-state index in [9.17, 15) is 18.4 Å². The van der Waals surface area contributed by atoms with E-state index in [4.69, 9.17) is 0 Å². The third kappa shape index (κ3) is 5.85. The molecule has 178 valence electrons. The number of hydrogen-bond acceptors (Lipinski definition) is 5. The largest absolute Gasteiger partial charge is 0.417 e. The molecule has 0 aromatic carbocycles. The number of amides is 2. The molecule has 1 aliphatic carbocycles. The average Bonchev–Trinajstić information content (AvgIpc) is 3.30. The molecular weight excluding hydrogens is 432 g/mol. The summed E-state index contributed by atoms with van der Waals surface area (Å²) < 4.78 is 29.2. The number of alkyl halides is 2. The molecule has 2 amide bonds. The zero-order chi connectivity index (χ0) is 23.4. The highest BCUT2D eigenvalue weighted by Gasteiger charge is 2.30. The van der Waals surface area contributed by atoms with Crippen LogP contribution in [0.5, 0.6) is 5.88 Å². The Morgan fingerprint density at radius 2 is 1.88 bits per heavy atom. The quantitative estimate of drug-likeness (QED) is 0.685. The van der Waals surface area contributed by atoms with Crippen LogP contribution in [0.3, 0.4) is 0 Å². The molecule has 0 atom stereocenters. The van der Waals surface area contributed by atoms with Crippen molar-refractivity contribution in [2.75, 3.05) is 13.1 Å². The van der Waals surface area contributed by atoms with E-state index in [0.29, 0.717) is 37.2 Å². The minimum Gasteiger partial charge on any atom is -0.417 e. The molecule has 33 heavy (non-hydrogen) atoms. The predicted octanol–water partition coefficient (Wildman–Crippen LogP) is 3.62. The van der Waals surface area contributed by atoms with Gasteiger partial charge in [-0.2, -0.15) is 13.9 Å². The highest BCUT2D eigenvalue weighted by molar-refractivity contribution is 5.93. The smallest absolute Gasteiger partial charge is 0.388 e. The number of rotatable bonds is 6. The number of carbonyl (C=O) groups is 2. The summed E-state index contributed by atoms with van der Waals surface area (Å²) in [5.74, 6) is 0.321. The van der Waals surface area contributed by atoms with Crippen LogP contribution in [-0.2, 0) is 4.79 Å². The highest BCUT2D eigenvalue weighted by Crippen LogP contribution is 2.26. The van der Waals surface area contributed by atoms with Gasteiger partial charge in [-0.05, 0) is 56.6 Å². The summed E-state index contributed by atoms with van der Waals surface area (Å²) in [4.78, 5) is 31.0. The Bertz CT molecular complexity index is 967. The van der Waals surface area contributed by atoms with Gasteiger partial charge in [-0.3, -0.25) is 14.7 Å². The van der Waals surface area contributed by atoms with Gasteiger partial charge in [0.05, 0.1) is 5.69 Å². The van der Waals surface area contributed by atoms with Crippen molar-refractivity contribution in [2.45, 2.75) is 58.1 Å². The van der Waals surface area contributed by atoms with Crippen LogP contribution in [0.15, 0.2) is 24.4 Å². The lowest BCUT2D eigenvalue weighted by Gasteiger charge is -2.33. The summed E-state index contributed by atoms with van der Waals surface area (Å²) in [7, 11) is 0. The first-order valence-corrected chi connectivity index (χ1v) is 11.5. The lowest BCUT2D eigenvalue weighted by molar-refractivity contribution is -0.127. The molecule has 2 aromatic heterocycles. The molecule has 1 saturated heterocycles. The zero-order valence-electron chi connectivity index (χ0n) is 18.6. The van der Waals surface area contributed by atoms with Crippen molar-refractivity contribution in [1.82, 2.24) is 25.4 Å². The van der Waals surface area contributed by atoms with Gasteiger partial charge in [-0.15, -0.1) is 0 Å². The zero-order valence-corrected chi connectivity index (χ0v) is 18.6. The number of nitrogens with zero attached hydrogens (tertiary/aromatic N) is 3. The van der Waals surface area contributed by atoms with Crippen LogP contribution < -0.4 is 10.1 Å². The Morgan fingerprint density at radius 1 is 1.15 bits per heavy atom. The Hall–Kier alpha value is -3.04. The summed E-state index contributed by atoms with van der Waals surface area (Å²) in [6.45, 7) is 0.261. The van der Waals surface area contributed by atoms with Crippen molar-refractivity contribution in [1.29, 1.82) is 0 Å². The SMILES string of the molecule is CC1CCC(NC(=O)C2CCN(C(=O)c3cc(-c4ccnc(OC(F)F)c4)[nH]n3)CC2)CC1. The van der Waals surface area contributed by atoms with Crippen LogP contribution in [0, 0.1) is 11.8 Å². The fraction of sp³-hybridized carbons (Fsp3) is 0.565. The minimum absolute atomic E-state index is 0.0757. The fourth-order valence-corrected chi connectivity index (χ4v) is 4.54. The number of halogens is 2. The molecule has 0 bridgehead atoms. The molecule has 3 heterocycles. The second-order valence-electron chi connectivity index (χ2n) is 8.96. The maximum Gasteiger partial charge on any atom is 0.388 e. The average molecular weight is 462 g/mol. The Kier molecular flexibility index (Phi) is 7.20. The Balaban J connectivity index is 1.30. The normalized spacial score (nSPS) is 21.8. The number of aromatic nitrogens is 3. The van der Waals surface area contributed by atoms with Gasteiger partial charge in [-0.25, -0.2) is 4.98 Å². The summed E-state index contributed by atoms with van der Waals surface area (Å²) >= 11 is 0. The molecule has 1 saturated carbocycles. The molecule has 0 spiro atoms. The molecule has 2 aromatic rings. The molecule has 0 unspecified atom stereocenters. The minimum atomic E-state index is -2.97. The fourth-order valence-electron chi connectivity index (χ4n) is 4.54. The second-order valence-corrected chi connectivity index (χ2v) is 8.96. The third-order valence-electron chi connectivity index (χ3n) is 6.57. The highest BCUT2D eigenvalue weighted by atomic mass is 19.3. The van der Waals surface area contributed by atoms with Gasteiger partial charge in [-0.1, -0.05) is 6.92 Å². The Labute approximate surface area is 191 Å². The number of ether oxygens (including phenoxy) is 1. The van der Waals surface area contributed by atoms with Crippen molar-refractivity contribution >= 4 is 11.8 Å². The van der Waals surface area contributed by atoms with Crippen molar-refractivity contribution in [3.63, 3.8) is 0 Å². The number of nitrogens with one attached hydrogen (secondary N) is 2. The molecular formula is C23H29F2N5O3. The first-order valence-electron chi connectivity index (χ1n) is 11.5. The molecule has 2 aliphatic rings. The number of H-pyrrole nitrogens is 1. The molecule has 2 N–H and O–H groups in total. The standard InChI is InChI=1S/C23H29F2N5O3/c1-14-2-4-17(5-3-14)27-21(31)15-7-10-30(11-8-15)22(32)19-13-18(28-29-19)16-6-9-26-20(12-16)33-23(24)25/h6,9,12-15,17,23H,2-5,7-8,10-11H2,1H3,(H,27,31)(H,28,29). The summed E-state index contributed by atoms with van der Waals surface area (Å²) in [5.41, 5.74) is 1.26. The van der Waals surface area contributed by atoms with E-state index in [1.807, 2.05) is 0 Å². The molecule has 1 aliphatic heterocycles. The summed E-state index contributed by atoms with van der Waals surface area (Å²) in [6, 6.07) is 4.81. The number of carbonyl (C=O) groups excluding carboxylic acids is 2. The maximum absolute atomic E-state index is 12.9. The molecule has 4 rings (SSSR count). The van der Waals surface area contributed by atoms with Crippen LogP contribution in [0.2, 0.25) is 0 Å². The van der Waals surface area contributed by atoms with Crippen LogP contribution in [0.4, 0.5) is 8.78 Å². The number of pyridine rings is 1. The molecule has 2 fully saturated rings. The van der Waals surface area contributed by atoms with Crippen molar-refractivity contribution in [2.24, 2.45) is 11.8 Å². The predicted molar refractivity (Wildman–Crippen MR) is 117 cm³/mol. The van der Waals surface area contributed by atoms with Gasteiger partial charge in [0.1, 0.15) is 0 Å². The van der Waals surface area contributed by atoms with Crippen molar-refractivity contribution in [3.8, 4) is 17.1 Å². The van der Waals surface area contributed by atoms with E-state index in [0.717, 1.165) is 31.6 Å². The number of hydrogen-bond donors (Lipinski definition) is 2. The van der Waals surface area contributed by atoms with Gasteiger partial charge in [0.25, 0.3) is 5.91 Å². The van der Waals surface area contributed by atoms with E-state index in [1.165, 1.54) is 12.3 Å². The van der Waals surface area contributed by atoms with Crippen molar-refractivity contribution < 1.29 is 23.1 Å². The van der Waals surface area contributed by atoms with Gasteiger partial charge in [0, 0.05) is 42.9 Å². The van der Waals surface area contributed by atoms with Gasteiger partial charge in [0.2, 0.25) is 11.8 Å². The molecule has 0 radical (unpaired) electrons. The lowest BCUT2D eigenvalue weighted by atomic mass is 9.86. The van der Waals surface area contributed by atoms with Gasteiger partial charge < -0.3 is 15.0 Å².